The van der Waals surface area contributed by atoms with Gasteiger partial charge in [0.1, 0.15) is 11.6 Å². The van der Waals surface area contributed by atoms with E-state index >= 15 is 0 Å². The van der Waals surface area contributed by atoms with Crippen molar-refractivity contribution in [2.24, 2.45) is 7.05 Å². The maximum atomic E-state index is 5.80. The quantitative estimate of drug-likeness (QED) is 0.807. The largest absolute Gasteiger partial charge is 0.346 e. The third-order valence-corrected chi connectivity index (χ3v) is 4.05. The highest BCUT2D eigenvalue weighted by Gasteiger charge is 2.40. The number of piperidine rings is 1. The molecule has 2 fully saturated rings. The van der Waals surface area contributed by atoms with Gasteiger partial charge in [-0.25, -0.2) is 0 Å². The maximum Gasteiger partial charge on any atom is 0.181 e. The van der Waals surface area contributed by atoms with Crippen LogP contribution in [0.4, 0.5) is 0 Å². The highest BCUT2D eigenvalue weighted by atomic mass is 16.7. The molecule has 3 rings (SSSR count). The predicted octanol–water partition coefficient (Wildman–Crippen LogP) is 0.716. The van der Waals surface area contributed by atoms with Gasteiger partial charge in [-0.1, -0.05) is 6.92 Å². The Labute approximate surface area is 113 Å². The average Bonchev–Trinajstić information content (AvgIpc) is 2.99. The molecule has 2 aliphatic rings. The summed E-state index contributed by atoms with van der Waals surface area (Å²) in [6, 6.07) is 0. The molecule has 0 saturated carbocycles. The Hall–Kier alpha value is -0.980. The van der Waals surface area contributed by atoms with Crippen molar-refractivity contribution in [2.75, 3.05) is 26.3 Å². The lowest BCUT2D eigenvalue weighted by Crippen LogP contribution is -2.48. The van der Waals surface area contributed by atoms with E-state index in [4.69, 9.17) is 9.47 Å². The Morgan fingerprint density at radius 3 is 2.63 bits per heavy atom. The molecule has 0 aliphatic carbocycles. The molecule has 0 aromatic carbocycles. The predicted molar refractivity (Wildman–Crippen MR) is 69.5 cm³/mol. The van der Waals surface area contributed by atoms with Crippen LogP contribution in [0.1, 0.15) is 31.4 Å². The molecule has 0 amide bonds. The van der Waals surface area contributed by atoms with Gasteiger partial charge in [0.25, 0.3) is 0 Å². The Morgan fingerprint density at radius 1 is 1.21 bits per heavy atom. The first kappa shape index (κ1) is 13.0. The van der Waals surface area contributed by atoms with Crippen LogP contribution in [0.25, 0.3) is 0 Å². The van der Waals surface area contributed by atoms with Crippen molar-refractivity contribution in [1.82, 2.24) is 19.7 Å². The maximum absolute atomic E-state index is 5.80. The molecule has 0 radical (unpaired) electrons. The number of nitrogens with zero attached hydrogens (tertiary/aromatic N) is 4. The van der Waals surface area contributed by atoms with Crippen LogP contribution in [0.3, 0.4) is 0 Å². The van der Waals surface area contributed by atoms with Crippen LogP contribution in [0, 0.1) is 0 Å². The van der Waals surface area contributed by atoms with Crippen LogP contribution < -0.4 is 0 Å². The summed E-state index contributed by atoms with van der Waals surface area (Å²) >= 11 is 0. The van der Waals surface area contributed by atoms with E-state index in [1.165, 1.54) is 0 Å². The monoisotopic (exact) mass is 266 g/mol. The van der Waals surface area contributed by atoms with Gasteiger partial charge in [-0.3, -0.25) is 4.90 Å². The summed E-state index contributed by atoms with van der Waals surface area (Å²) in [5, 5.41) is 8.50. The highest BCUT2D eigenvalue weighted by molar-refractivity contribution is 4.96. The molecule has 1 aromatic rings. The molecule has 2 aliphatic heterocycles. The van der Waals surface area contributed by atoms with E-state index in [2.05, 4.69) is 26.6 Å². The van der Waals surface area contributed by atoms with Crippen LogP contribution in [-0.4, -0.2) is 51.8 Å². The van der Waals surface area contributed by atoms with Crippen LogP contribution in [0.2, 0.25) is 0 Å². The average molecular weight is 266 g/mol. The van der Waals surface area contributed by atoms with Crippen LogP contribution in [0.5, 0.6) is 0 Å². The number of likely N-dealkylation sites (tertiary alicyclic amines) is 1. The molecular weight excluding hydrogens is 244 g/mol. The van der Waals surface area contributed by atoms with Gasteiger partial charge in [0, 0.05) is 19.9 Å². The number of hydrogen-bond donors (Lipinski definition) is 0. The van der Waals surface area contributed by atoms with Crippen LogP contribution in [-0.2, 0) is 29.5 Å². The first-order chi connectivity index (χ1) is 9.22. The molecule has 19 heavy (non-hydrogen) atoms. The van der Waals surface area contributed by atoms with Crippen molar-refractivity contribution in [1.29, 1.82) is 0 Å². The molecule has 2 saturated heterocycles. The highest BCUT2D eigenvalue weighted by Crippen LogP contribution is 2.30. The fourth-order valence-corrected chi connectivity index (χ4v) is 2.98. The first-order valence-corrected chi connectivity index (χ1v) is 7.10. The second-order valence-corrected chi connectivity index (χ2v) is 5.37. The summed E-state index contributed by atoms with van der Waals surface area (Å²) in [6.07, 6.45) is 3.03. The van der Waals surface area contributed by atoms with E-state index in [0.717, 1.165) is 63.8 Å². The van der Waals surface area contributed by atoms with Crippen molar-refractivity contribution in [3.05, 3.63) is 11.6 Å². The van der Waals surface area contributed by atoms with E-state index in [1.807, 2.05) is 7.05 Å². The lowest BCUT2D eigenvalue weighted by atomic mass is 10.0. The van der Waals surface area contributed by atoms with E-state index in [-0.39, 0.29) is 5.79 Å². The number of aryl methyl sites for hydroxylation is 1. The number of rotatable bonds is 3. The van der Waals surface area contributed by atoms with Crippen LogP contribution in [0.15, 0.2) is 0 Å². The van der Waals surface area contributed by atoms with Gasteiger partial charge in [0.15, 0.2) is 5.79 Å². The molecule has 1 aromatic heterocycles. The summed E-state index contributed by atoms with van der Waals surface area (Å²) < 4.78 is 13.7. The van der Waals surface area contributed by atoms with E-state index in [9.17, 15) is 0 Å². The van der Waals surface area contributed by atoms with Gasteiger partial charge in [-0.15, -0.1) is 10.2 Å². The SMILES string of the molecule is CCc1nnc(CN2CCCC3(C2)OCCO3)n1C. The summed E-state index contributed by atoms with van der Waals surface area (Å²) in [6.45, 7) is 6.27. The third kappa shape index (κ3) is 2.52. The summed E-state index contributed by atoms with van der Waals surface area (Å²) in [5.74, 6) is 1.70. The van der Waals surface area contributed by atoms with Crippen molar-refractivity contribution in [2.45, 2.75) is 38.5 Å². The molecular formula is C13H22N4O2. The van der Waals surface area contributed by atoms with E-state index < -0.39 is 0 Å². The van der Waals surface area contributed by atoms with Crippen molar-refractivity contribution >= 4 is 0 Å². The van der Waals surface area contributed by atoms with E-state index in [0.29, 0.717) is 0 Å². The molecule has 0 unspecified atom stereocenters. The first-order valence-electron chi connectivity index (χ1n) is 7.10. The Balaban J connectivity index is 1.67. The van der Waals surface area contributed by atoms with Crippen molar-refractivity contribution in [3.8, 4) is 0 Å². The minimum absolute atomic E-state index is 0.357. The normalized spacial score (nSPS) is 23.3. The van der Waals surface area contributed by atoms with Gasteiger partial charge >= 0.3 is 0 Å². The molecule has 0 atom stereocenters. The Kier molecular flexibility index (Phi) is 3.56. The zero-order chi connectivity index (χ0) is 13.3. The molecule has 6 heteroatoms. The standard InChI is InChI=1S/C13H22N4O2/c1-3-11-14-15-12(16(11)2)9-17-6-4-5-13(10-17)18-7-8-19-13/h3-10H2,1-2H3. The minimum Gasteiger partial charge on any atom is -0.346 e. The van der Waals surface area contributed by atoms with E-state index in [1.54, 1.807) is 0 Å². The molecule has 0 bridgehead atoms. The summed E-state index contributed by atoms with van der Waals surface area (Å²) in [7, 11) is 2.04. The minimum atomic E-state index is -0.357. The lowest BCUT2D eigenvalue weighted by molar-refractivity contribution is -0.190. The summed E-state index contributed by atoms with van der Waals surface area (Å²) in [5.41, 5.74) is 0. The Bertz CT molecular complexity index is 440. The Morgan fingerprint density at radius 2 is 1.95 bits per heavy atom. The molecule has 3 heterocycles. The van der Waals surface area contributed by atoms with Gasteiger partial charge in [-0.05, 0) is 13.0 Å². The van der Waals surface area contributed by atoms with Gasteiger partial charge in [0.05, 0.1) is 26.3 Å². The lowest BCUT2D eigenvalue weighted by Gasteiger charge is -2.38. The van der Waals surface area contributed by atoms with Gasteiger partial charge in [-0.2, -0.15) is 0 Å². The molecule has 106 valence electrons. The zero-order valence-corrected chi connectivity index (χ0v) is 11.8. The number of aromatic nitrogens is 3. The van der Waals surface area contributed by atoms with Crippen molar-refractivity contribution < 1.29 is 9.47 Å². The molecule has 6 nitrogen and oxygen atoms in total. The fourth-order valence-electron chi connectivity index (χ4n) is 2.98. The second kappa shape index (κ2) is 5.19. The molecule has 1 spiro atoms. The zero-order valence-electron chi connectivity index (χ0n) is 11.8. The number of hydrogen-bond acceptors (Lipinski definition) is 5. The third-order valence-electron chi connectivity index (χ3n) is 4.05. The molecule has 0 N–H and O–H groups in total. The second-order valence-electron chi connectivity index (χ2n) is 5.37. The van der Waals surface area contributed by atoms with Crippen LogP contribution >= 0.6 is 0 Å². The summed E-state index contributed by atoms with van der Waals surface area (Å²) in [4.78, 5) is 2.36. The number of ether oxygens (including phenoxy) is 2. The van der Waals surface area contributed by atoms with Gasteiger partial charge < -0.3 is 14.0 Å². The topological polar surface area (TPSA) is 52.4 Å². The van der Waals surface area contributed by atoms with Gasteiger partial charge in [0.2, 0.25) is 0 Å². The van der Waals surface area contributed by atoms with Crippen molar-refractivity contribution in [3.63, 3.8) is 0 Å². The fraction of sp³-hybridized carbons (Fsp3) is 0.846. The smallest absolute Gasteiger partial charge is 0.181 e.